The van der Waals surface area contributed by atoms with Gasteiger partial charge in [-0.3, -0.25) is 4.79 Å². The van der Waals surface area contributed by atoms with Crippen molar-refractivity contribution in [2.75, 3.05) is 11.5 Å². The van der Waals surface area contributed by atoms with E-state index in [2.05, 4.69) is 5.32 Å². The summed E-state index contributed by atoms with van der Waals surface area (Å²) < 4.78 is 22.8. The van der Waals surface area contributed by atoms with Gasteiger partial charge in [-0.25, -0.2) is 13.2 Å². The summed E-state index contributed by atoms with van der Waals surface area (Å²) in [5.41, 5.74) is 1.12. The Balaban J connectivity index is 2.32. The molecular formula is C14H17NO5S. The molecule has 0 bridgehead atoms. The van der Waals surface area contributed by atoms with Crippen molar-refractivity contribution in [2.24, 2.45) is 0 Å². The molecule has 1 fully saturated rings. The number of aromatic carboxylic acids is 1. The topological polar surface area (TPSA) is 101 Å². The van der Waals surface area contributed by atoms with Crippen molar-refractivity contribution >= 4 is 21.7 Å². The first-order chi connectivity index (χ1) is 9.71. The minimum absolute atomic E-state index is 0.0339. The SMILES string of the molecule is Cc1ccc(C)c(C(=O)NC2CCS(=O)(=O)C2)c1C(=O)O. The van der Waals surface area contributed by atoms with E-state index >= 15 is 0 Å². The average Bonchev–Trinajstić information content (AvgIpc) is 2.70. The van der Waals surface area contributed by atoms with Gasteiger partial charge in [0.15, 0.2) is 9.84 Å². The van der Waals surface area contributed by atoms with E-state index in [1.54, 1.807) is 26.0 Å². The van der Waals surface area contributed by atoms with Gasteiger partial charge in [-0.15, -0.1) is 0 Å². The highest BCUT2D eigenvalue weighted by atomic mass is 32.2. The van der Waals surface area contributed by atoms with E-state index in [1.165, 1.54) is 0 Å². The smallest absolute Gasteiger partial charge is 0.336 e. The van der Waals surface area contributed by atoms with Gasteiger partial charge in [-0.05, 0) is 31.4 Å². The number of aryl methyl sites for hydroxylation is 2. The van der Waals surface area contributed by atoms with Crippen molar-refractivity contribution in [3.63, 3.8) is 0 Å². The molecule has 1 unspecified atom stereocenters. The van der Waals surface area contributed by atoms with Crippen molar-refractivity contribution in [1.29, 1.82) is 0 Å². The van der Waals surface area contributed by atoms with Crippen molar-refractivity contribution < 1.29 is 23.1 Å². The molecule has 2 rings (SSSR count). The zero-order chi connectivity index (χ0) is 15.8. The molecule has 1 heterocycles. The third-order valence-electron chi connectivity index (χ3n) is 3.63. The molecule has 0 aromatic heterocycles. The molecule has 7 heteroatoms. The minimum atomic E-state index is -3.10. The van der Waals surface area contributed by atoms with E-state index in [0.717, 1.165) is 0 Å². The summed E-state index contributed by atoms with van der Waals surface area (Å²) in [5, 5.41) is 11.9. The number of carbonyl (C=O) groups is 2. The Bertz CT molecular complexity index is 708. The van der Waals surface area contributed by atoms with Gasteiger partial charge in [0.1, 0.15) is 0 Å². The predicted octanol–water partition coefficient (Wildman–Crippen LogP) is 0.919. The van der Waals surface area contributed by atoms with Gasteiger partial charge in [0, 0.05) is 6.04 Å². The van der Waals surface area contributed by atoms with Crippen LogP contribution in [-0.4, -0.2) is 42.9 Å². The van der Waals surface area contributed by atoms with Crippen molar-refractivity contribution in [3.05, 3.63) is 34.4 Å². The van der Waals surface area contributed by atoms with Crippen LogP contribution in [0.5, 0.6) is 0 Å². The second-order valence-corrected chi connectivity index (χ2v) is 7.56. The maximum absolute atomic E-state index is 12.3. The van der Waals surface area contributed by atoms with Crippen LogP contribution in [0.15, 0.2) is 12.1 Å². The molecule has 1 aliphatic heterocycles. The first-order valence-electron chi connectivity index (χ1n) is 6.56. The van der Waals surface area contributed by atoms with Crippen LogP contribution in [0, 0.1) is 13.8 Å². The Hall–Kier alpha value is -1.89. The fourth-order valence-corrected chi connectivity index (χ4v) is 4.22. The Morgan fingerprint density at radius 2 is 1.76 bits per heavy atom. The highest BCUT2D eigenvalue weighted by Gasteiger charge is 2.30. The van der Waals surface area contributed by atoms with Crippen LogP contribution < -0.4 is 5.32 Å². The van der Waals surface area contributed by atoms with Crippen LogP contribution in [0.4, 0.5) is 0 Å². The first-order valence-corrected chi connectivity index (χ1v) is 8.38. The molecule has 1 aliphatic rings. The van der Waals surface area contributed by atoms with Gasteiger partial charge in [-0.2, -0.15) is 0 Å². The van der Waals surface area contributed by atoms with Gasteiger partial charge in [-0.1, -0.05) is 12.1 Å². The number of sulfone groups is 1. The average molecular weight is 311 g/mol. The maximum atomic E-state index is 12.3. The van der Waals surface area contributed by atoms with Gasteiger partial charge in [0.25, 0.3) is 5.91 Å². The van der Waals surface area contributed by atoms with Crippen LogP contribution in [0.2, 0.25) is 0 Å². The second-order valence-electron chi connectivity index (χ2n) is 5.33. The second kappa shape index (κ2) is 5.48. The van der Waals surface area contributed by atoms with E-state index < -0.39 is 27.8 Å². The zero-order valence-electron chi connectivity index (χ0n) is 11.8. The molecule has 0 aliphatic carbocycles. The number of amides is 1. The molecule has 1 aromatic rings. The zero-order valence-corrected chi connectivity index (χ0v) is 12.7. The van der Waals surface area contributed by atoms with Crippen LogP contribution in [0.25, 0.3) is 0 Å². The lowest BCUT2D eigenvalue weighted by molar-refractivity contribution is 0.0689. The molecular weight excluding hydrogens is 294 g/mol. The molecule has 6 nitrogen and oxygen atoms in total. The molecule has 1 amide bonds. The fourth-order valence-electron chi connectivity index (χ4n) is 2.55. The van der Waals surface area contributed by atoms with E-state index in [9.17, 15) is 23.1 Å². The highest BCUT2D eigenvalue weighted by molar-refractivity contribution is 7.91. The van der Waals surface area contributed by atoms with Crippen molar-refractivity contribution in [1.82, 2.24) is 5.32 Å². The van der Waals surface area contributed by atoms with Crippen molar-refractivity contribution in [3.8, 4) is 0 Å². The Morgan fingerprint density at radius 1 is 1.19 bits per heavy atom. The Morgan fingerprint density at radius 3 is 2.24 bits per heavy atom. The third kappa shape index (κ3) is 3.24. The lowest BCUT2D eigenvalue weighted by Crippen LogP contribution is -2.37. The van der Waals surface area contributed by atoms with Crippen LogP contribution in [-0.2, 0) is 9.84 Å². The van der Waals surface area contributed by atoms with Gasteiger partial charge in [0.05, 0.1) is 22.6 Å². The van der Waals surface area contributed by atoms with E-state index in [4.69, 9.17) is 0 Å². The molecule has 21 heavy (non-hydrogen) atoms. The fraction of sp³-hybridized carbons (Fsp3) is 0.429. The Labute approximate surface area is 123 Å². The Kier molecular flexibility index (Phi) is 4.04. The van der Waals surface area contributed by atoms with Crippen molar-refractivity contribution in [2.45, 2.75) is 26.3 Å². The normalized spacial score (nSPS) is 20.2. The molecule has 1 atom stereocenters. The third-order valence-corrected chi connectivity index (χ3v) is 5.40. The standard InChI is InChI=1S/C14H17NO5S/c1-8-3-4-9(2)12(14(17)18)11(8)13(16)15-10-5-6-21(19,20)7-10/h3-4,10H,5-7H2,1-2H3,(H,15,16)(H,17,18). The van der Waals surface area contributed by atoms with Crippen LogP contribution in [0.3, 0.4) is 0 Å². The van der Waals surface area contributed by atoms with Crippen LogP contribution in [0.1, 0.15) is 38.3 Å². The summed E-state index contributed by atoms with van der Waals surface area (Å²) in [5.74, 6) is -1.74. The number of rotatable bonds is 3. The first kappa shape index (κ1) is 15.5. The minimum Gasteiger partial charge on any atom is -0.478 e. The number of benzene rings is 1. The number of hydrogen-bond acceptors (Lipinski definition) is 4. The lowest BCUT2D eigenvalue weighted by atomic mass is 9.96. The van der Waals surface area contributed by atoms with E-state index in [0.29, 0.717) is 17.5 Å². The molecule has 1 aromatic carbocycles. The molecule has 1 saturated heterocycles. The summed E-state index contributed by atoms with van der Waals surface area (Å²) in [4.78, 5) is 23.7. The summed E-state index contributed by atoms with van der Waals surface area (Å²) in [7, 11) is -3.10. The molecule has 0 radical (unpaired) electrons. The van der Waals surface area contributed by atoms with E-state index in [1.807, 2.05) is 0 Å². The monoisotopic (exact) mass is 311 g/mol. The van der Waals surface area contributed by atoms with E-state index in [-0.39, 0.29) is 22.6 Å². The number of nitrogens with one attached hydrogen (secondary N) is 1. The van der Waals surface area contributed by atoms with Gasteiger partial charge >= 0.3 is 5.97 Å². The number of carboxylic acids is 1. The molecule has 114 valence electrons. The quantitative estimate of drug-likeness (QED) is 0.864. The largest absolute Gasteiger partial charge is 0.478 e. The highest BCUT2D eigenvalue weighted by Crippen LogP contribution is 2.20. The summed E-state index contributed by atoms with van der Waals surface area (Å²) in [6.07, 6.45) is 0.362. The van der Waals surface area contributed by atoms with Gasteiger partial charge < -0.3 is 10.4 Å². The molecule has 2 N–H and O–H groups in total. The summed E-state index contributed by atoms with van der Waals surface area (Å²) in [6, 6.07) is 2.88. The number of carboxylic acid groups (broad SMARTS) is 1. The van der Waals surface area contributed by atoms with Crippen LogP contribution >= 0.6 is 0 Å². The number of carbonyl (C=O) groups excluding carboxylic acids is 1. The lowest BCUT2D eigenvalue weighted by Gasteiger charge is -2.15. The predicted molar refractivity (Wildman–Crippen MR) is 77.4 cm³/mol. The summed E-state index contributed by atoms with van der Waals surface area (Å²) >= 11 is 0. The molecule has 0 spiro atoms. The number of hydrogen-bond donors (Lipinski definition) is 2. The van der Waals surface area contributed by atoms with Gasteiger partial charge in [0.2, 0.25) is 0 Å². The maximum Gasteiger partial charge on any atom is 0.336 e. The molecule has 0 saturated carbocycles. The summed E-state index contributed by atoms with van der Waals surface area (Å²) in [6.45, 7) is 3.28.